The predicted molar refractivity (Wildman–Crippen MR) is 101 cm³/mol. The fourth-order valence-electron chi connectivity index (χ4n) is 2.46. The minimum atomic E-state index is -0.492. The Balaban J connectivity index is 1.97. The van der Waals surface area contributed by atoms with E-state index in [9.17, 15) is 14.4 Å². The molecule has 0 radical (unpaired) electrons. The number of hydrogen-bond donors (Lipinski definition) is 1. The molecule has 1 heterocycles. The number of para-hydroxylation sites is 1. The number of carbonyl (C=O) groups excluding carboxylic acids is 3. The SMILES string of the molecule is CCOC(=O)c1ccccc1NC(=O)CCN(Cc1ccccn1)C(C)=O. The van der Waals surface area contributed by atoms with Crippen molar-refractivity contribution in [1.82, 2.24) is 9.88 Å². The molecular formula is C20H23N3O4. The number of pyridine rings is 1. The van der Waals surface area contributed by atoms with Gasteiger partial charge in [0.15, 0.2) is 0 Å². The van der Waals surface area contributed by atoms with Gasteiger partial charge in [0.05, 0.1) is 30.1 Å². The number of hydrogen-bond acceptors (Lipinski definition) is 5. The van der Waals surface area contributed by atoms with Crippen LogP contribution in [0.4, 0.5) is 5.69 Å². The molecule has 0 unspecified atom stereocenters. The summed E-state index contributed by atoms with van der Waals surface area (Å²) < 4.78 is 5.00. The molecule has 2 rings (SSSR count). The van der Waals surface area contributed by atoms with Crippen LogP contribution < -0.4 is 5.32 Å². The van der Waals surface area contributed by atoms with Gasteiger partial charge in [-0.2, -0.15) is 0 Å². The Morgan fingerprint density at radius 3 is 2.52 bits per heavy atom. The summed E-state index contributed by atoms with van der Waals surface area (Å²) in [5.41, 5.74) is 1.44. The number of esters is 1. The van der Waals surface area contributed by atoms with E-state index >= 15 is 0 Å². The lowest BCUT2D eigenvalue weighted by molar-refractivity contribution is -0.130. The maximum absolute atomic E-state index is 12.3. The molecule has 1 N–H and O–H groups in total. The van der Waals surface area contributed by atoms with Crippen LogP contribution in [0.2, 0.25) is 0 Å². The summed E-state index contributed by atoms with van der Waals surface area (Å²) in [6.45, 7) is 4.01. The Bertz CT molecular complexity index is 793. The van der Waals surface area contributed by atoms with Crippen molar-refractivity contribution < 1.29 is 19.1 Å². The third-order valence-electron chi connectivity index (χ3n) is 3.83. The smallest absolute Gasteiger partial charge is 0.340 e. The molecule has 2 amide bonds. The first-order chi connectivity index (χ1) is 13.0. The molecule has 0 saturated heterocycles. The molecule has 1 aromatic heterocycles. The van der Waals surface area contributed by atoms with Gasteiger partial charge < -0.3 is 15.0 Å². The van der Waals surface area contributed by atoms with E-state index in [1.54, 1.807) is 48.4 Å². The predicted octanol–water partition coefficient (Wildman–Crippen LogP) is 2.64. The van der Waals surface area contributed by atoms with Gasteiger partial charge >= 0.3 is 5.97 Å². The standard InChI is InChI=1S/C20H23N3O4/c1-3-27-20(26)17-9-4-5-10-18(17)22-19(25)11-13-23(15(2)24)14-16-8-6-7-12-21-16/h4-10,12H,3,11,13-14H2,1-2H3,(H,22,25). The molecule has 0 spiro atoms. The average molecular weight is 369 g/mol. The van der Waals surface area contributed by atoms with Crippen LogP contribution in [0, 0.1) is 0 Å². The molecule has 0 saturated carbocycles. The third-order valence-corrected chi connectivity index (χ3v) is 3.83. The Morgan fingerprint density at radius 2 is 1.85 bits per heavy atom. The number of ether oxygens (including phenoxy) is 1. The van der Waals surface area contributed by atoms with Gasteiger partial charge in [-0.15, -0.1) is 0 Å². The van der Waals surface area contributed by atoms with Crippen LogP contribution >= 0.6 is 0 Å². The summed E-state index contributed by atoms with van der Waals surface area (Å²) in [6.07, 6.45) is 1.76. The molecule has 0 aliphatic carbocycles. The molecular weight excluding hydrogens is 346 g/mol. The number of anilines is 1. The molecule has 0 fully saturated rings. The maximum Gasteiger partial charge on any atom is 0.340 e. The van der Waals surface area contributed by atoms with Crippen molar-refractivity contribution in [1.29, 1.82) is 0 Å². The van der Waals surface area contributed by atoms with Crippen molar-refractivity contribution in [2.24, 2.45) is 0 Å². The number of nitrogens with one attached hydrogen (secondary N) is 1. The highest BCUT2D eigenvalue weighted by molar-refractivity contribution is 6.01. The topological polar surface area (TPSA) is 88.6 Å². The second-order valence-corrected chi connectivity index (χ2v) is 5.83. The number of amides is 2. The first-order valence-electron chi connectivity index (χ1n) is 8.72. The molecule has 2 aromatic rings. The summed E-state index contributed by atoms with van der Waals surface area (Å²) in [4.78, 5) is 41.9. The van der Waals surface area contributed by atoms with Gasteiger partial charge in [0, 0.05) is 26.1 Å². The van der Waals surface area contributed by atoms with Crippen LogP contribution in [0.5, 0.6) is 0 Å². The molecule has 0 aliphatic rings. The van der Waals surface area contributed by atoms with Gasteiger partial charge in [-0.1, -0.05) is 18.2 Å². The molecule has 7 nitrogen and oxygen atoms in total. The molecule has 7 heteroatoms. The van der Waals surface area contributed by atoms with Crippen LogP contribution in [-0.4, -0.2) is 40.8 Å². The highest BCUT2D eigenvalue weighted by atomic mass is 16.5. The van der Waals surface area contributed by atoms with E-state index in [4.69, 9.17) is 4.74 Å². The molecule has 1 aromatic carbocycles. The molecule has 0 aliphatic heterocycles. The fourth-order valence-corrected chi connectivity index (χ4v) is 2.46. The second kappa shape index (κ2) is 10.1. The number of aromatic nitrogens is 1. The van der Waals surface area contributed by atoms with E-state index in [1.165, 1.54) is 6.92 Å². The Kier molecular flexibility index (Phi) is 7.49. The molecule has 0 bridgehead atoms. The number of rotatable bonds is 8. The zero-order valence-electron chi connectivity index (χ0n) is 15.5. The van der Waals surface area contributed by atoms with Gasteiger partial charge in [0.25, 0.3) is 0 Å². The van der Waals surface area contributed by atoms with Crippen LogP contribution in [-0.2, 0) is 20.9 Å². The number of carbonyl (C=O) groups is 3. The average Bonchev–Trinajstić information content (AvgIpc) is 2.66. The maximum atomic E-state index is 12.3. The van der Waals surface area contributed by atoms with Crippen LogP contribution in [0.3, 0.4) is 0 Å². The van der Waals surface area contributed by atoms with Crippen LogP contribution in [0.15, 0.2) is 48.7 Å². The van der Waals surface area contributed by atoms with E-state index in [1.807, 2.05) is 12.1 Å². The lowest BCUT2D eigenvalue weighted by atomic mass is 10.1. The largest absolute Gasteiger partial charge is 0.462 e. The van der Waals surface area contributed by atoms with Crippen molar-refractivity contribution in [3.05, 3.63) is 59.9 Å². The van der Waals surface area contributed by atoms with Gasteiger partial charge in [-0.05, 0) is 31.2 Å². The van der Waals surface area contributed by atoms with E-state index in [0.717, 1.165) is 5.69 Å². The van der Waals surface area contributed by atoms with Crippen LogP contribution in [0.25, 0.3) is 0 Å². The van der Waals surface area contributed by atoms with Gasteiger partial charge in [-0.25, -0.2) is 4.79 Å². The first-order valence-corrected chi connectivity index (χ1v) is 8.72. The quantitative estimate of drug-likeness (QED) is 0.723. The second-order valence-electron chi connectivity index (χ2n) is 5.83. The van der Waals surface area contributed by atoms with Crippen molar-refractivity contribution >= 4 is 23.5 Å². The van der Waals surface area contributed by atoms with E-state index in [-0.39, 0.29) is 31.4 Å². The van der Waals surface area contributed by atoms with E-state index in [2.05, 4.69) is 10.3 Å². The summed E-state index contributed by atoms with van der Waals surface area (Å²) in [5, 5.41) is 2.71. The molecule has 142 valence electrons. The Hall–Kier alpha value is -3.22. The van der Waals surface area contributed by atoms with Crippen molar-refractivity contribution in [3.63, 3.8) is 0 Å². The molecule has 0 atom stereocenters. The lowest BCUT2D eigenvalue weighted by Crippen LogP contribution is -2.32. The van der Waals surface area contributed by atoms with E-state index < -0.39 is 5.97 Å². The zero-order chi connectivity index (χ0) is 19.6. The van der Waals surface area contributed by atoms with Gasteiger partial charge in [0.2, 0.25) is 11.8 Å². The molecule has 27 heavy (non-hydrogen) atoms. The minimum absolute atomic E-state index is 0.101. The Morgan fingerprint density at radius 1 is 1.11 bits per heavy atom. The van der Waals surface area contributed by atoms with Crippen LogP contribution in [0.1, 0.15) is 36.3 Å². The summed E-state index contributed by atoms with van der Waals surface area (Å²) >= 11 is 0. The van der Waals surface area contributed by atoms with Crippen molar-refractivity contribution in [2.75, 3.05) is 18.5 Å². The minimum Gasteiger partial charge on any atom is -0.462 e. The fraction of sp³-hybridized carbons (Fsp3) is 0.300. The van der Waals surface area contributed by atoms with E-state index in [0.29, 0.717) is 17.8 Å². The highest BCUT2D eigenvalue weighted by Gasteiger charge is 2.16. The summed E-state index contributed by atoms with van der Waals surface area (Å²) in [7, 11) is 0. The number of benzene rings is 1. The summed E-state index contributed by atoms with van der Waals surface area (Å²) in [6, 6.07) is 12.1. The monoisotopic (exact) mass is 369 g/mol. The Labute approximate surface area is 158 Å². The lowest BCUT2D eigenvalue weighted by Gasteiger charge is -2.20. The normalized spacial score (nSPS) is 10.1. The summed E-state index contributed by atoms with van der Waals surface area (Å²) in [5.74, 6) is -0.923. The highest BCUT2D eigenvalue weighted by Crippen LogP contribution is 2.16. The van der Waals surface area contributed by atoms with Gasteiger partial charge in [0.1, 0.15) is 0 Å². The van der Waals surface area contributed by atoms with Crippen molar-refractivity contribution in [3.8, 4) is 0 Å². The zero-order valence-corrected chi connectivity index (χ0v) is 15.5. The third kappa shape index (κ3) is 6.22. The van der Waals surface area contributed by atoms with Gasteiger partial charge in [-0.3, -0.25) is 14.6 Å². The first kappa shape index (κ1) is 20.1. The van der Waals surface area contributed by atoms with Crippen molar-refractivity contribution in [2.45, 2.75) is 26.8 Å². The number of nitrogens with zero attached hydrogens (tertiary/aromatic N) is 2.